The minimum Gasteiger partial charge on any atom is -0.491 e. The van der Waals surface area contributed by atoms with Gasteiger partial charge in [0.1, 0.15) is 24.3 Å². The van der Waals surface area contributed by atoms with Crippen LogP contribution in [0.25, 0.3) is 0 Å². The van der Waals surface area contributed by atoms with Crippen molar-refractivity contribution in [3.05, 3.63) is 29.6 Å². The quantitative estimate of drug-likeness (QED) is 0.564. The first-order chi connectivity index (χ1) is 9.15. The fourth-order valence-corrected chi connectivity index (χ4v) is 1.46. The van der Waals surface area contributed by atoms with E-state index >= 15 is 0 Å². The lowest BCUT2D eigenvalue weighted by atomic mass is 10.2. The second kappa shape index (κ2) is 8.82. The lowest BCUT2D eigenvalue weighted by molar-refractivity contribution is 0.0535. The average Bonchev–Trinajstić information content (AvgIpc) is 2.40. The van der Waals surface area contributed by atoms with Gasteiger partial charge in [0.25, 0.3) is 0 Å². The van der Waals surface area contributed by atoms with Crippen molar-refractivity contribution >= 4 is 0 Å². The average molecular weight is 273 g/mol. The Morgan fingerprint density at radius 2 is 2.16 bits per heavy atom. The highest BCUT2D eigenvalue weighted by molar-refractivity contribution is 5.29. The fourth-order valence-electron chi connectivity index (χ4n) is 1.46. The summed E-state index contributed by atoms with van der Waals surface area (Å²) in [6.07, 6.45) is -0.966. The third kappa shape index (κ3) is 6.49. The van der Waals surface area contributed by atoms with Crippen molar-refractivity contribution in [1.82, 2.24) is 5.32 Å². The molecule has 0 aromatic heterocycles. The van der Waals surface area contributed by atoms with Gasteiger partial charge >= 0.3 is 0 Å². The maximum absolute atomic E-state index is 13.4. The van der Waals surface area contributed by atoms with E-state index in [4.69, 9.17) is 19.7 Å². The molecular formula is C13H20FNO4. The highest BCUT2D eigenvalue weighted by atomic mass is 19.1. The summed E-state index contributed by atoms with van der Waals surface area (Å²) in [6, 6.07) is 4.34. The number of methoxy groups -OCH3 is 1. The molecule has 0 aliphatic rings. The largest absolute Gasteiger partial charge is 0.491 e. The molecular weight excluding hydrogens is 253 g/mol. The minimum absolute atomic E-state index is 0.0729. The van der Waals surface area contributed by atoms with E-state index in [1.807, 2.05) is 0 Å². The van der Waals surface area contributed by atoms with E-state index < -0.39 is 11.9 Å². The van der Waals surface area contributed by atoms with Crippen LogP contribution in [0.3, 0.4) is 0 Å². The van der Waals surface area contributed by atoms with Crippen LogP contribution >= 0.6 is 0 Å². The number of rotatable bonds is 9. The van der Waals surface area contributed by atoms with Crippen molar-refractivity contribution in [2.45, 2.75) is 12.6 Å². The van der Waals surface area contributed by atoms with E-state index in [2.05, 4.69) is 5.32 Å². The van der Waals surface area contributed by atoms with Crippen LogP contribution < -0.4 is 10.1 Å². The van der Waals surface area contributed by atoms with Crippen molar-refractivity contribution in [1.29, 1.82) is 0 Å². The van der Waals surface area contributed by atoms with Crippen molar-refractivity contribution < 1.29 is 24.1 Å². The summed E-state index contributed by atoms with van der Waals surface area (Å²) in [6.45, 7) is 1.30. The van der Waals surface area contributed by atoms with Gasteiger partial charge < -0.3 is 25.0 Å². The number of aliphatic hydroxyl groups excluding tert-OH is 2. The van der Waals surface area contributed by atoms with Crippen molar-refractivity contribution in [2.24, 2.45) is 0 Å². The van der Waals surface area contributed by atoms with Gasteiger partial charge in [-0.1, -0.05) is 0 Å². The molecule has 1 unspecified atom stereocenters. The van der Waals surface area contributed by atoms with E-state index in [0.29, 0.717) is 25.4 Å². The summed E-state index contributed by atoms with van der Waals surface area (Å²) in [5.74, 6) is -0.0735. The maximum Gasteiger partial charge on any atom is 0.127 e. The second-order valence-corrected chi connectivity index (χ2v) is 4.11. The second-order valence-electron chi connectivity index (χ2n) is 4.11. The smallest absolute Gasteiger partial charge is 0.127 e. The number of aliphatic hydroxyl groups is 2. The van der Waals surface area contributed by atoms with E-state index in [1.165, 1.54) is 12.1 Å². The third-order valence-corrected chi connectivity index (χ3v) is 2.40. The molecule has 3 N–H and O–H groups in total. The summed E-state index contributed by atoms with van der Waals surface area (Å²) in [7, 11) is 1.61. The summed E-state index contributed by atoms with van der Waals surface area (Å²) in [4.78, 5) is 0. The number of benzene rings is 1. The molecule has 0 saturated heterocycles. The van der Waals surface area contributed by atoms with Gasteiger partial charge in [-0.2, -0.15) is 0 Å². The van der Waals surface area contributed by atoms with Crippen molar-refractivity contribution in [3.8, 4) is 5.75 Å². The molecule has 0 saturated carbocycles. The van der Waals surface area contributed by atoms with E-state index in [-0.39, 0.29) is 13.2 Å². The molecule has 0 bridgehead atoms. The zero-order valence-electron chi connectivity index (χ0n) is 10.9. The highest BCUT2D eigenvalue weighted by Crippen LogP contribution is 2.16. The molecule has 0 fully saturated rings. The zero-order chi connectivity index (χ0) is 14.1. The monoisotopic (exact) mass is 273 g/mol. The molecule has 1 rings (SSSR count). The van der Waals surface area contributed by atoms with Gasteiger partial charge in [0, 0.05) is 26.3 Å². The lowest BCUT2D eigenvalue weighted by Gasteiger charge is -2.11. The zero-order valence-corrected chi connectivity index (χ0v) is 10.9. The first-order valence-electron chi connectivity index (χ1n) is 6.06. The predicted octanol–water partition coefficient (Wildman–Crippen LogP) is 0.294. The third-order valence-electron chi connectivity index (χ3n) is 2.40. The standard InChI is InChI=1S/C13H20FNO4/c1-18-3-2-15-7-10-4-11(14)6-13(5-10)19-9-12(17)8-16/h4-6,12,15-17H,2-3,7-9H2,1H3. The summed E-state index contributed by atoms with van der Waals surface area (Å²) in [5.41, 5.74) is 0.740. The molecule has 0 heterocycles. The molecule has 5 nitrogen and oxygen atoms in total. The molecule has 0 spiro atoms. The molecule has 0 amide bonds. The normalized spacial score (nSPS) is 12.4. The van der Waals surface area contributed by atoms with E-state index in [0.717, 1.165) is 5.56 Å². The van der Waals surface area contributed by atoms with Gasteiger partial charge in [-0.3, -0.25) is 0 Å². The summed E-state index contributed by atoms with van der Waals surface area (Å²) < 4.78 is 23.5. The predicted molar refractivity (Wildman–Crippen MR) is 68.6 cm³/mol. The maximum atomic E-state index is 13.4. The highest BCUT2D eigenvalue weighted by Gasteiger charge is 2.06. The van der Waals surface area contributed by atoms with Gasteiger partial charge in [-0.25, -0.2) is 4.39 Å². The molecule has 1 aromatic rings. The Kier molecular flexibility index (Phi) is 7.35. The minimum atomic E-state index is -0.966. The molecule has 0 aliphatic carbocycles. The van der Waals surface area contributed by atoms with Crippen molar-refractivity contribution in [3.63, 3.8) is 0 Å². The number of ether oxygens (including phenoxy) is 2. The molecule has 19 heavy (non-hydrogen) atoms. The van der Waals surface area contributed by atoms with Crippen LogP contribution in [-0.4, -0.2) is 49.8 Å². The Morgan fingerprint density at radius 1 is 1.37 bits per heavy atom. The molecule has 1 aromatic carbocycles. The van der Waals surface area contributed by atoms with Crippen LogP contribution in [0.4, 0.5) is 4.39 Å². The fraction of sp³-hybridized carbons (Fsp3) is 0.538. The van der Waals surface area contributed by atoms with Crippen LogP contribution in [0.5, 0.6) is 5.75 Å². The van der Waals surface area contributed by atoms with Crippen LogP contribution in [0, 0.1) is 5.82 Å². The Hall–Kier alpha value is -1.21. The first kappa shape index (κ1) is 15.8. The Morgan fingerprint density at radius 3 is 2.84 bits per heavy atom. The Bertz CT molecular complexity index is 376. The van der Waals surface area contributed by atoms with Gasteiger partial charge in [-0.05, 0) is 17.7 Å². The summed E-state index contributed by atoms with van der Waals surface area (Å²) >= 11 is 0. The van der Waals surface area contributed by atoms with Gasteiger partial charge in [0.2, 0.25) is 0 Å². The topological polar surface area (TPSA) is 71.0 Å². The van der Waals surface area contributed by atoms with Gasteiger partial charge in [0.05, 0.1) is 13.2 Å². The molecule has 0 aliphatic heterocycles. The summed E-state index contributed by atoms with van der Waals surface area (Å²) in [5, 5.41) is 20.9. The molecule has 1 atom stereocenters. The molecule has 0 radical (unpaired) electrons. The van der Waals surface area contributed by atoms with Gasteiger partial charge in [-0.15, -0.1) is 0 Å². The van der Waals surface area contributed by atoms with Crippen LogP contribution in [0.1, 0.15) is 5.56 Å². The molecule has 108 valence electrons. The van der Waals surface area contributed by atoms with Crippen LogP contribution in [0.15, 0.2) is 18.2 Å². The van der Waals surface area contributed by atoms with Crippen molar-refractivity contribution in [2.75, 3.05) is 33.5 Å². The van der Waals surface area contributed by atoms with E-state index in [9.17, 15) is 4.39 Å². The van der Waals surface area contributed by atoms with E-state index in [1.54, 1.807) is 13.2 Å². The SMILES string of the molecule is COCCNCc1cc(F)cc(OCC(O)CO)c1. The lowest BCUT2D eigenvalue weighted by Crippen LogP contribution is -2.21. The molecule has 6 heteroatoms. The number of hydrogen-bond acceptors (Lipinski definition) is 5. The Labute approximate surface area is 112 Å². The first-order valence-corrected chi connectivity index (χ1v) is 6.06. The number of nitrogens with one attached hydrogen (secondary N) is 1. The Balaban J connectivity index is 2.51. The number of halogens is 1. The van der Waals surface area contributed by atoms with Crippen LogP contribution in [0.2, 0.25) is 0 Å². The number of hydrogen-bond donors (Lipinski definition) is 3. The van der Waals surface area contributed by atoms with Gasteiger partial charge in [0.15, 0.2) is 0 Å². The van der Waals surface area contributed by atoms with Crippen LogP contribution in [-0.2, 0) is 11.3 Å².